The quantitative estimate of drug-likeness (QED) is 0.436. The molecule has 180 valence electrons. The summed E-state index contributed by atoms with van der Waals surface area (Å²) in [4.78, 5) is 31.0. The number of rotatable bonds is 4. The fourth-order valence-electron chi connectivity index (χ4n) is 5.00. The van der Waals surface area contributed by atoms with Gasteiger partial charge in [0.05, 0.1) is 18.8 Å². The summed E-state index contributed by atoms with van der Waals surface area (Å²) in [6.07, 6.45) is 5.92. The number of benzene rings is 2. The average molecular weight is 478 g/mol. The summed E-state index contributed by atoms with van der Waals surface area (Å²) >= 11 is 0. The van der Waals surface area contributed by atoms with Gasteiger partial charge in [-0.15, -0.1) is 0 Å². The van der Waals surface area contributed by atoms with Crippen LogP contribution < -0.4 is 4.90 Å². The van der Waals surface area contributed by atoms with Crippen molar-refractivity contribution >= 4 is 11.7 Å². The first-order valence-electron chi connectivity index (χ1n) is 12.3. The fourth-order valence-corrected chi connectivity index (χ4v) is 5.00. The van der Waals surface area contributed by atoms with Gasteiger partial charge in [-0.25, -0.2) is 9.97 Å². The van der Waals surface area contributed by atoms with Crippen molar-refractivity contribution in [3.63, 3.8) is 0 Å². The summed E-state index contributed by atoms with van der Waals surface area (Å²) in [5, 5.41) is 0. The van der Waals surface area contributed by atoms with E-state index in [0.29, 0.717) is 31.8 Å². The number of amides is 1. The molecule has 1 saturated heterocycles. The zero-order valence-corrected chi connectivity index (χ0v) is 20.0. The second-order valence-electron chi connectivity index (χ2n) is 9.13. The predicted octanol–water partition coefficient (Wildman–Crippen LogP) is 4.32. The van der Waals surface area contributed by atoms with Gasteiger partial charge in [0, 0.05) is 55.1 Å². The van der Waals surface area contributed by atoms with E-state index in [2.05, 4.69) is 32.0 Å². The van der Waals surface area contributed by atoms with Gasteiger partial charge in [0.25, 0.3) is 5.91 Å². The van der Waals surface area contributed by atoms with Crippen LogP contribution in [-0.4, -0.2) is 52.0 Å². The first-order chi connectivity index (χ1) is 17.8. The fraction of sp³-hybridized carbons (Fsp3) is 0.241. The van der Waals surface area contributed by atoms with Crippen molar-refractivity contribution in [3.05, 3.63) is 108 Å². The third kappa shape index (κ3) is 4.45. The lowest BCUT2D eigenvalue weighted by Gasteiger charge is -2.37. The number of ether oxygens (including phenoxy) is 1. The molecule has 0 N–H and O–H groups in total. The summed E-state index contributed by atoms with van der Waals surface area (Å²) in [6, 6.07) is 22.0. The number of pyridine rings is 1. The maximum absolute atomic E-state index is 13.4. The van der Waals surface area contributed by atoms with Crippen LogP contribution >= 0.6 is 0 Å². The smallest absolute Gasteiger partial charge is 0.254 e. The molecule has 2 aromatic carbocycles. The van der Waals surface area contributed by atoms with Gasteiger partial charge in [-0.3, -0.25) is 9.78 Å². The molecule has 1 atom stereocenters. The Bertz CT molecular complexity index is 1350. The van der Waals surface area contributed by atoms with Crippen molar-refractivity contribution in [2.45, 2.75) is 19.1 Å². The van der Waals surface area contributed by atoms with Crippen LogP contribution in [0, 0.1) is 0 Å². The van der Waals surface area contributed by atoms with E-state index in [4.69, 9.17) is 4.74 Å². The zero-order valence-electron chi connectivity index (χ0n) is 20.0. The molecule has 4 heterocycles. The minimum atomic E-state index is -0.0671. The zero-order chi connectivity index (χ0) is 24.3. The van der Waals surface area contributed by atoms with Crippen molar-refractivity contribution in [2.75, 3.05) is 31.1 Å². The number of aromatic nitrogens is 3. The van der Waals surface area contributed by atoms with E-state index in [-0.39, 0.29) is 12.0 Å². The Labute approximate surface area is 210 Å². The summed E-state index contributed by atoms with van der Waals surface area (Å²) < 4.78 is 6.03. The summed E-state index contributed by atoms with van der Waals surface area (Å²) in [5.74, 6) is 0.930. The van der Waals surface area contributed by atoms with E-state index in [0.717, 1.165) is 46.7 Å². The lowest BCUT2D eigenvalue weighted by atomic mass is 10.0. The third-order valence-electron chi connectivity index (χ3n) is 6.93. The van der Waals surface area contributed by atoms with Crippen LogP contribution in [0.25, 0.3) is 11.1 Å². The molecule has 4 aromatic rings. The van der Waals surface area contributed by atoms with Gasteiger partial charge in [0.2, 0.25) is 0 Å². The van der Waals surface area contributed by atoms with Crippen molar-refractivity contribution in [3.8, 4) is 11.1 Å². The Balaban J connectivity index is 1.21. The molecule has 2 aliphatic rings. The van der Waals surface area contributed by atoms with Gasteiger partial charge < -0.3 is 14.5 Å². The molecular weight excluding hydrogens is 450 g/mol. The largest absolute Gasteiger partial charge is 0.370 e. The van der Waals surface area contributed by atoms with Gasteiger partial charge in [0.1, 0.15) is 18.2 Å². The van der Waals surface area contributed by atoms with Crippen molar-refractivity contribution in [2.24, 2.45) is 0 Å². The summed E-state index contributed by atoms with van der Waals surface area (Å²) in [6.45, 7) is 3.18. The lowest BCUT2D eigenvalue weighted by molar-refractivity contribution is 0.0391. The highest BCUT2D eigenvalue weighted by Gasteiger charge is 2.30. The molecule has 2 aliphatic heterocycles. The molecule has 7 nitrogen and oxygen atoms in total. The van der Waals surface area contributed by atoms with Crippen molar-refractivity contribution in [1.29, 1.82) is 0 Å². The molecule has 7 heteroatoms. The molecule has 1 amide bonds. The van der Waals surface area contributed by atoms with Crippen molar-refractivity contribution in [1.82, 2.24) is 19.9 Å². The summed E-state index contributed by atoms with van der Waals surface area (Å²) in [5.41, 5.74) is 6.04. The van der Waals surface area contributed by atoms with Crippen LogP contribution in [0.4, 0.5) is 5.82 Å². The molecule has 0 bridgehead atoms. The molecule has 2 aromatic heterocycles. The topological polar surface area (TPSA) is 71.5 Å². The van der Waals surface area contributed by atoms with Crippen LogP contribution in [0.1, 0.15) is 33.3 Å². The Kier molecular flexibility index (Phi) is 6.13. The number of nitrogens with zero attached hydrogens (tertiary/aromatic N) is 5. The standard InChI is InChI=1S/C29H27N5O2/c35-29(23-10-8-22(9-11-23)21-5-2-1-3-6-21)34-14-12-26-25(18-34)28(32-20-31-26)33-15-16-36-27(19-33)24-7-4-13-30-17-24/h1-11,13,17,20,27H,12,14-16,18-19H2. The molecule has 0 aliphatic carbocycles. The van der Waals surface area contributed by atoms with Gasteiger partial charge in [-0.1, -0.05) is 48.5 Å². The molecule has 1 fully saturated rings. The Morgan fingerprint density at radius 2 is 1.75 bits per heavy atom. The highest BCUT2D eigenvalue weighted by atomic mass is 16.5. The van der Waals surface area contributed by atoms with E-state index in [1.807, 2.05) is 65.7 Å². The van der Waals surface area contributed by atoms with Crippen LogP contribution in [0.5, 0.6) is 0 Å². The van der Waals surface area contributed by atoms with Gasteiger partial charge in [-0.2, -0.15) is 0 Å². The third-order valence-corrected chi connectivity index (χ3v) is 6.93. The number of morpholine rings is 1. The average Bonchev–Trinajstić information content (AvgIpc) is 2.97. The van der Waals surface area contributed by atoms with Gasteiger partial charge in [0.15, 0.2) is 0 Å². The molecule has 0 radical (unpaired) electrons. The number of carbonyl (C=O) groups is 1. The predicted molar refractivity (Wildman–Crippen MR) is 137 cm³/mol. The number of hydrogen-bond acceptors (Lipinski definition) is 6. The number of anilines is 1. The van der Waals surface area contributed by atoms with Crippen LogP contribution in [0.15, 0.2) is 85.5 Å². The Morgan fingerprint density at radius 1 is 0.917 bits per heavy atom. The van der Waals surface area contributed by atoms with E-state index >= 15 is 0 Å². The van der Waals surface area contributed by atoms with Gasteiger partial charge >= 0.3 is 0 Å². The first-order valence-corrected chi connectivity index (χ1v) is 12.3. The second kappa shape index (κ2) is 9.87. The highest BCUT2D eigenvalue weighted by Crippen LogP contribution is 2.31. The first kappa shape index (κ1) is 22.4. The van der Waals surface area contributed by atoms with Crippen LogP contribution in [0.3, 0.4) is 0 Å². The van der Waals surface area contributed by atoms with E-state index < -0.39 is 0 Å². The monoisotopic (exact) mass is 477 g/mol. The lowest BCUT2D eigenvalue weighted by Crippen LogP contribution is -2.42. The summed E-state index contributed by atoms with van der Waals surface area (Å²) in [7, 11) is 0. The minimum absolute atomic E-state index is 0.0327. The Morgan fingerprint density at radius 3 is 2.56 bits per heavy atom. The molecule has 1 unspecified atom stereocenters. The van der Waals surface area contributed by atoms with Crippen LogP contribution in [-0.2, 0) is 17.7 Å². The maximum atomic E-state index is 13.4. The van der Waals surface area contributed by atoms with Crippen molar-refractivity contribution < 1.29 is 9.53 Å². The molecule has 0 spiro atoms. The molecule has 0 saturated carbocycles. The number of hydrogen-bond donors (Lipinski definition) is 0. The highest BCUT2D eigenvalue weighted by molar-refractivity contribution is 5.95. The van der Waals surface area contributed by atoms with E-state index in [9.17, 15) is 4.79 Å². The Hall–Kier alpha value is -4.10. The number of carbonyl (C=O) groups excluding carboxylic acids is 1. The SMILES string of the molecule is O=C(c1ccc(-c2ccccc2)cc1)N1CCc2ncnc(N3CCOC(c4cccnc4)C3)c2C1. The van der Waals surface area contributed by atoms with E-state index in [1.54, 1.807) is 12.5 Å². The molecule has 36 heavy (non-hydrogen) atoms. The van der Waals surface area contributed by atoms with Gasteiger partial charge in [-0.05, 0) is 29.3 Å². The second-order valence-corrected chi connectivity index (χ2v) is 9.13. The number of fused-ring (bicyclic) bond motifs is 1. The van der Waals surface area contributed by atoms with E-state index in [1.165, 1.54) is 0 Å². The molecular formula is C29H27N5O2. The normalized spacial score (nSPS) is 17.5. The molecule has 6 rings (SSSR count). The van der Waals surface area contributed by atoms with Crippen LogP contribution in [0.2, 0.25) is 0 Å². The minimum Gasteiger partial charge on any atom is -0.370 e. The maximum Gasteiger partial charge on any atom is 0.254 e.